The van der Waals surface area contributed by atoms with Gasteiger partial charge in [0.15, 0.2) is 0 Å². The van der Waals surface area contributed by atoms with Gasteiger partial charge in [-0.1, -0.05) is 19.8 Å². The van der Waals surface area contributed by atoms with Crippen LogP contribution in [0, 0.1) is 13.8 Å². The minimum Gasteiger partial charge on any atom is -0.269 e. The van der Waals surface area contributed by atoms with Gasteiger partial charge in [-0.3, -0.25) is 4.68 Å². The first-order valence-electron chi connectivity index (χ1n) is 6.29. The topological polar surface area (TPSA) is 17.8 Å². The largest absolute Gasteiger partial charge is 0.269 e. The summed E-state index contributed by atoms with van der Waals surface area (Å²) in [6.07, 6.45) is 5.93. The molecular weight excluding hydrogens is 220 g/mol. The molecule has 1 rings (SSSR count). The zero-order valence-electron chi connectivity index (χ0n) is 10.7. The number of hydrogen-bond donors (Lipinski definition) is 0. The summed E-state index contributed by atoms with van der Waals surface area (Å²) in [6.45, 7) is 7.53. The third-order valence-corrected chi connectivity index (χ3v) is 3.41. The molecule has 0 atom stereocenters. The van der Waals surface area contributed by atoms with Crippen molar-refractivity contribution in [3.8, 4) is 0 Å². The number of aromatic nitrogens is 2. The van der Waals surface area contributed by atoms with Crippen LogP contribution in [0.2, 0.25) is 0 Å². The van der Waals surface area contributed by atoms with Gasteiger partial charge in [0.25, 0.3) is 0 Å². The smallest absolute Gasteiger partial charge is 0.0628 e. The quantitative estimate of drug-likeness (QED) is 0.525. The van der Waals surface area contributed by atoms with Crippen LogP contribution in [0.4, 0.5) is 0 Å². The average Bonchev–Trinajstić information content (AvgIpc) is 2.53. The number of hydrogen-bond acceptors (Lipinski definition) is 1. The first kappa shape index (κ1) is 13.6. The van der Waals surface area contributed by atoms with Crippen molar-refractivity contribution in [3.63, 3.8) is 0 Å². The Hall–Kier alpha value is -0.500. The van der Waals surface area contributed by atoms with Crippen molar-refractivity contribution in [2.75, 3.05) is 5.88 Å². The standard InChI is InChI=1S/C13H23ClN2/c1-4-13-11(2)15-16(12(13)3)10-8-6-5-7-9-14/h4-10H2,1-3H3. The molecule has 2 nitrogen and oxygen atoms in total. The lowest BCUT2D eigenvalue weighted by molar-refractivity contribution is 0.529. The summed E-state index contributed by atoms with van der Waals surface area (Å²) in [5.74, 6) is 0.792. The van der Waals surface area contributed by atoms with E-state index < -0.39 is 0 Å². The summed E-state index contributed by atoms with van der Waals surface area (Å²) >= 11 is 5.65. The number of nitrogens with zero attached hydrogens (tertiary/aromatic N) is 2. The molecule has 1 heterocycles. The SMILES string of the molecule is CCc1c(C)nn(CCCCCCCl)c1C. The highest BCUT2D eigenvalue weighted by Crippen LogP contribution is 2.14. The van der Waals surface area contributed by atoms with Gasteiger partial charge in [0.1, 0.15) is 0 Å². The minimum absolute atomic E-state index is 0.792. The third kappa shape index (κ3) is 3.51. The fraction of sp³-hybridized carbons (Fsp3) is 0.769. The Morgan fingerprint density at radius 3 is 2.38 bits per heavy atom. The Morgan fingerprint density at radius 2 is 1.81 bits per heavy atom. The van der Waals surface area contributed by atoms with Crippen molar-refractivity contribution in [1.82, 2.24) is 9.78 Å². The van der Waals surface area contributed by atoms with E-state index in [9.17, 15) is 0 Å². The molecule has 92 valence electrons. The molecule has 0 radical (unpaired) electrons. The van der Waals surface area contributed by atoms with E-state index in [4.69, 9.17) is 11.6 Å². The predicted octanol–water partition coefficient (Wildman–Crippen LogP) is 3.86. The lowest BCUT2D eigenvalue weighted by Gasteiger charge is -2.04. The number of alkyl halides is 1. The van der Waals surface area contributed by atoms with E-state index in [1.54, 1.807) is 0 Å². The van der Waals surface area contributed by atoms with Gasteiger partial charge in [-0.25, -0.2) is 0 Å². The predicted molar refractivity (Wildman–Crippen MR) is 70.3 cm³/mol. The number of unbranched alkanes of at least 4 members (excludes halogenated alkanes) is 3. The second kappa shape index (κ2) is 6.95. The summed E-state index contributed by atoms with van der Waals surface area (Å²) in [4.78, 5) is 0. The summed E-state index contributed by atoms with van der Waals surface area (Å²) in [6, 6.07) is 0. The molecule has 0 spiro atoms. The molecule has 0 aliphatic carbocycles. The van der Waals surface area contributed by atoms with Crippen molar-refractivity contribution in [1.29, 1.82) is 0 Å². The molecule has 0 fully saturated rings. The molecule has 0 aromatic carbocycles. The van der Waals surface area contributed by atoms with Crippen LogP contribution < -0.4 is 0 Å². The van der Waals surface area contributed by atoms with E-state index in [1.165, 1.54) is 36.2 Å². The second-order valence-electron chi connectivity index (χ2n) is 4.33. The van der Waals surface area contributed by atoms with Gasteiger partial charge in [-0.15, -0.1) is 11.6 Å². The first-order valence-corrected chi connectivity index (χ1v) is 6.83. The molecule has 16 heavy (non-hydrogen) atoms. The van der Waals surface area contributed by atoms with E-state index >= 15 is 0 Å². The van der Waals surface area contributed by atoms with Crippen LogP contribution >= 0.6 is 11.6 Å². The monoisotopic (exact) mass is 242 g/mol. The molecule has 0 bridgehead atoms. The van der Waals surface area contributed by atoms with Gasteiger partial charge in [0, 0.05) is 18.1 Å². The van der Waals surface area contributed by atoms with Gasteiger partial charge in [-0.05, 0) is 38.7 Å². The second-order valence-corrected chi connectivity index (χ2v) is 4.71. The fourth-order valence-corrected chi connectivity index (χ4v) is 2.36. The van der Waals surface area contributed by atoms with Gasteiger partial charge >= 0.3 is 0 Å². The zero-order valence-corrected chi connectivity index (χ0v) is 11.5. The molecule has 0 saturated carbocycles. The summed E-state index contributed by atoms with van der Waals surface area (Å²) < 4.78 is 2.16. The Labute approximate surface area is 104 Å². The maximum Gasteiger partial charge on any atom is 0.0628 e. The molecule has 0 aliphatic heterocycles. The highest BCUT2D eigenvalue weighted by molar-refractivity contribution is 6.17. The van der Waals surface area contributed by atoms with Crippen molar-refractivity contribution in [3.05, 3.63) is 17.0 Å². The van der Waals surface area contributed by atoms with Gasteiger partial charge in [0.2, 0.25) is 0 Å². The normalized spacial score (nSPS) is 11.0. The molecular formula is C13H23ClN2. The third-order valence-electron chi connectivity index (χ3n) is 3.14. The minimum atomic E-state index is 0.792. The maximum absolute atomic E-state index is 5.65. The van der Waals surface area contributed by atoms with Crippen LogP contribution in [0.1, 0.15) is 49.6 Å². The number of aryl methyl sites for hydroxylation is 2. The summed E-state index contributed by atoms with van der Waals surface area (Å²) in [5.41, 5.74) is 3.96. The molecule has 0 amide bonds. The van der Waals surface area contributed by atoms with Crippen LogP contribution in [0.25, 0.3) is 0 Å². The lowest BCUT2D eigenvalue weighted by Crippen LogP contribution is -2.03. The Balaban J connectivity index is 2.42. The van der Waals surface area contributed by atoms with Gasteiger partial charge < -0.3 is 0 Å². The number of rotatable bonds is 7. The summed E-state index contributed by atoms with van der Waals surface area (Å²) in [5, 5.41) is 4.59. The van der Waals surface area contributed by atoms with Gasteiger partial charge in [-0.2, -0.15) is 5.10 Å². The van der Waals surface area contributed by atoms with Crippen LogP contribution in [-0.2, 0) is 13.0 Å². The van der Waals surface area contributed by atoms with Crippen molar-refractivity contribution in [2.24, 2.45) is 0 Å². The van der Waals surface area contributed by atoms with Crippen LogP contribution in [0.15, 0.2) is 0 Å². The van der Waals surface area contributed by atoms with E-state index in [1.807, 2.05) is 0 Å². The van der Waals surface area contributed by atoms with E-state index in [0.29, 0.717) is 0 Å². The molecule has 0 aliphatic rings. The van der Waals surface area contributed by atoms with Crippen LogP contribution in [0.5, 0.6) is 0 Å². The highest BCUT2D eigenvalue weighted by Gasteiger charge is 2.08. The Bertz CT molecular complexity index is 318. The average molecular weight is 243 g/mol. The van der Waals surface area contributed by atoms with Gasteiger partial charge in [0.05, 0.1) is 5.69 Å². The van der Waals surface area contributed by atoms with Crippen LogP contribution in [-0.4, -0.2) is 15.7 Å². The molecule has 1 aromatic rings. The van der Waals surface area contributed by atoms with Crippen LogP contribution in [0.3, 0.4) is 0 Å². The molecule has 0 saturated heterocycles. The Kier molecular flexibility index (Phi) is 5.89. The summed E-state index contributed by atoms with van der Waals surface area (Å²) in [7, 11) is 0. The zero-order chi connectivity index (χ0) is 12.0. The fourth-order valence-electron chi connectivity index (χ4n) is 2.17. The maximum atomic E-state index is 5.65. The molecule has 0 N–H and O–H groups in total. The van der Waals surface area contributed by atoms with Crippen molar-refractivity contribution < 1.29 is 0 Å². The van der Waals surface area contributed by atoms with E-state index in [2.05, 4.69) is 30.6 Å². The lowest BCUT2D eigenvalue weighted by atomic mass is 10.1. The Morgan fingerprint density at radius 1 is 1.12 bits per heavy atom. The van der Waals surface area contributed by atoms with Crippen molar-refractivity contribution >= 4 is 11.6 Å². The first-order chi connectivity index (χ1) is 7.70. The number of halogens is 1. The molecule has 3 heteroatoms. The molecule has 0 unspecified atom stereocenters. The van der Waals surface area contributed by atoms with E-state index in [-0.39, 0.29) is 0 Å². The van der Waals surface area contributed by atoms with E-state index in [0.717, 1.165) is 25.3 Å². The molecule has 1 aromatic heterocycles. The highest BCUT2D eigenvalue weighted by atomic mass is 35.5. The van der Waals surface area contributed by atoms with Crippen molar-refractivity contribution in [2.45, 2.75) is 59.4 Å².